The fraction of sp³-hybridized carbons (Fsp3) is 0.0667. The van der Waals surface area contributed by atoms with Gasteiger partial charge in [0.15, 0.2) is 6.54 Å². The molecule has 0 radical (unpaired) electrons. The van der Waals surface area contributed by atoms with Gasteiger partial charge in [0.25, 0.3) is 5.58 Å². The van der Waals surface area contributed by atoms with Crippen molar-refractivity contribution in [3.8, 4) is 11.5 Å². The van der Waals surface area contributed by atoms with Crippen LogP contribution < -0.4 is 4.57 Å². The zero-order valence-electron chi connectivity index (χ0n) is 9.96. The topological polar surface area (TPSA) is 43.0 Å². The second kappa shape index (κ2) is 3.03. The maximum absolute atomic E-state index is 6.03. The summed E-state index contributed by atoms with van der Waals surface area (Å²) in [5.74, 6) is 0.858. The van der Waals surface area contributed by atoms with E-state index in [1.54, 1.807) is 6.20 Å². The van der Waals surface area contributed by atoms with E-state index in [2.05, 4.69) is 9.55 Å². The molecule has 3 aromatic heterocycles. The van der Waals surface area contributed by atoms with E-state index >= 15 is 0 Å². The van der Waals surface area contributed by atoms with Gasteiger partial charge >= 0.3 is 11.6 Å². The molecule has 19 heavy (non-hydrogen) atoms. The summed E-state index contributed by atoms with van der Waals surface area (Å²) in [7, 11) is 0. The molecule has 0 atom stereocenters. The minimum absolute atomic E-state index is 0.755. The SMILES string of the molecule is c1ccc2c(c1)oc1c2oc2[n+]1Cc1cnccc1-2. The number of oxazole rings is 1. The molecule has 4 heterocycles. The van der Waals surface area contributed by atoms with Crippen LogP contribution >= 0.6 is 0 Å². The highest BCUT2D eigenvalue weighted by atomic mass is 16.4. The first-order valence-corrected chi connectivity index (χ1v) is 6.19. The van der Waals surface area contributed by atoms with Gasteiger partial charge in [-0.1, -0.05) is 12.1 Å². The quantitative estimate of drug-likeness (QED) is 0.396. The molecule has 0 bridgehead atoms. The molecular weight excluding hydrogens is 240 g/mol. The predicted molar refractivity (Wildman–Crippen MR) is 68.5 cm³/mol. The third kappa shape index (κ3) is 1.04. The minimum atomic E-state index is 0.755. The summed E-state index contributed by atoms with van der Waals surface area (Å²) in [6.45, 7) is 0.755. The van der Waals surface area contributed by atoms with Gasteiger partial charge in [0.05, 0.1) is 16.5 Å². The van der Waals surface area contributed by atoms with Crippen molar-refractivity contribution in [2.24, 2.45) is 0 Å². The van der Waals surface area contributed by atoms with Crippen LogP contribution in [0, 0.1) is 0 Å². The van der Waals surface area contributed by atoms with E-state index in [1.807, 2.05) is 36.5 Å². The van der Waals surface area contributed by atoms with Crippen LogP contribution in [0.15, 0.2) is 51.6 Å². The Bertz CT molecular complexity index is 949. The molecule has 0 saturated heterocycles. The van der Waals surface area contributed by atoms with E-state index in [0.717, 1.165) is 40.3 Å². The Balaban J connectivity index is 1.93. The molecule has 4 nitrogen and oxygen atoms in total. The second-order valence-electron chi connectivity index (χ2n) is 4.76. The van der Waals surface area contributed by atoms with Crippen LogP contribution in [0.3, 0.4) is 0 Å². The lowest BCUT2D eigenvalue weighted by Crippen LogP contribution is -2.30. The first kappa shape index (κ1) is 9.33. The molecule has 1 aliphatic rings. The Morgan fingerprint density at radius 2 is 2.05 bits per heavy atom. The van der Waals surface area contributed by atoms with Crippen molar-refractivity contribution in [2.75, 3.05) is 0 Å². The van der Waals surface area contributed by atoms with Crippen LogP contribution in [0.25, 0.3) is 33.7 Å². The number of benzene rings is 1. The standard InChI is InChI=1S/C15H9N2O2/c1-2-4-12-11(3-1)13-15(18-12)17-8-9-7-16-6-5-10(9)14(17)19-13/h1-7H,8H2/q+1. The largest absolute Gasteiger partial charge is 0.422 e. The van der Waals surface area contributed by atoms with E-state index in [-0.39, 0.29) is 0 Å². The number of hydrogen-bond donors (Lipinski definition) is 0. The zero-order valence-corrected chi connectivity index (χ0v) is 9.96. The number of rotatable bonds is 0. The highest BCUT2D eigenvalue weighted by molar-refractivity contribution is 5.99. The number of para-hydroxylation sites is 1. The molecule has 0 saturated carbocycles. The van der Waals surface area contributed by atoms with Crippen molar-refractivity contribution in [3.05, 3.63) is 48.3 Å². The van der Waals surface area contributed by atoms with Gasteiger partial charge < -0.3 is 8.83 Å². The molecule has 0 aliphatic carbocycles. The van der Waals surface area contributed by atoms with Crippen molar-refractivity contribution in [2.45, 2.75) is 6.54 Å². The fourth-order valence-electron chi connectivity index (χ4n) is 2.81. The summed E-state index contributed by atoms with van der Waals surface area (Å²) in [5.41, 5.74) is 4.76. The molecule has 90 valence electrons. The van der Waals surface area contributed by atoms with Crippen molar-refractivity contribution < 1.29 is 13.4 Å². The van der Waals surface area contributed by atoms with Crippen LogP contribution in [-0.4, -0.2) is 4.98 Å². The molecule has 0 N–H and O–H groups in total. The molecule has 0 unspecified atom stereocenters. The Morgan fingerprint density at radius 1 is 1.11 bits per heavy atom. The lowest BCUT2D eigenvalue weighted by Gasteiger charge is -1.88. The van der Waals surface area contributed by atoms with Gasteiger partial charge in [-0.2, -0.15) is 0 Å². The maximum atomic E-state index is 6.03. The molecule has 0 spiro atoms. The summed E-state index contributed by atoms with van der Waals surface area (Å²) < 4.78 is 14.0. The summed E-state index contributed by atoms with van der Waals surface area (Å²) in [6.07, 6.45) is 3.67. The smallest absolute Gasteiger partial charge is 0.401 e. The lowest BCUT2D eigenvalue weighted by atomic mass is 10.2. The molecule has 1 aliphatic heterocycles. The Kier molecular flexibility index (Phi) is 1.49. The Hall–Kier alpha value is -2.62. The monoisotopic (exact) mass is 249 g/mol. The van der Waals surface area contributed by atoms with E-state index in [9.17, 15) is 0 Å². The van der Waals surface area contributed by atoms with E-state index in [1.165, 1.54) is 5.56 Å². The Morgan fingerprint density at radius 3 is 3.05 bits per heavy atom. The van der Waals surface area contributed by atoms with E-state index < -0.39 is 0 Å². The first-order valence-electron chi connectivity index (χ1n) is 6.19. The number of furan rings is 1. The van der Waals surface area contributed by atoms with Crippen molar-refractivity contribution >= 4 is 22.3 Å². The van der Waals surface area contributed by atoms with Crippen LogP contribution in [0.1, 0.15) is 5.56 Å². The summed E-state index contributed by atoms with van der Waals surface area (Å²) in [4.78, 5) is 4.16. The van der Waals surface area contributed by atoms with Gasteiger partial charge in [0, 0.05) is 12.4 Å². The highest BCUT2D eigenvalue weighted by Gasteiger charge is 2.37. The van der Waals surface area contributed by atoms with Crippen molar-refractivity contribution in [1.82, 2.24) is 4.98 Å². The van der Waals surface area contributed by atoms with Crippen LogP contribution in [-0.2, 0) is 6.54 Å². The number of aromatic nitrogens is 2. The van der Waals surface area contributed by atoms with Crippen LogP contribution in [0.4, 0.5) is 0 Å². The van der Waals surface area contributed by atoms with E-state index in [4.69, 9.17) is 8.83 Å². The Labute approximate surface area is 107 Å². The van der Waals surface area contributed by atoms with Gasteiger partial charge in [0.1, 0.15) is 5.58 Å². The van der Waals surface area contributed by atoms with Gasteiger partial charge in [-0.05, 0) is 18.2 Å². The summed E-state index contributed by atoms with van der Waals surface area (Å²) >= 11 is 0. The average Bonchev–Trinajstić information content (AvgIpc) is 3.07. The molecule has 1 aromatic carbocycles. The number of nitrogens with zero attached hydrogens (tertiary/aromatic N) is 2. The normalized spacial score (nSPS) is 13.1. The third-order valence-corrected chi connectivity index (χ3v) is 3.68. The molecule has 4 aromatic rings. The summed E-state index contributed by atoms with van der Waals surface area (Å²) in [5, 5.41) is 1.02. The average molecular weight is 249 g/mol. The van der Waals surface area contributed by atoms with E-state index in [0.29, 0.717) is 0 Å². The van der Waals surface area contributed by atoms with Crippen molar-refractivity contribution in [1.29, 1.82) is 0 Å². The molecule has 0 fully saturated rings. The molecule has 5 rings (SSSR count). The third-order valence-electron chi connectivity index (χ3n) is 3.68. The van der Waals surface area contributed by atoms with Gasteiger partial charge in [-0.3, -0.25) is 4.98 Å². The zero-order chi connectivity index (χ0) is 12.4. The molecule has 0 amide bonds. The predicted octanol–water partition coefficient (Wildman–Crippen LogP) is 2.89. The molecule has 4 heteroatoms. The molecular formula is C15H9N2O2+. The van der Waals surface area contributed by atoms with Crippen molar-refractivity contribution in [3.63, 3.8) is 0 Å². The minimum Gasteiger partial charge on any atom is -0.401 e. The van der Waals surface area contributed by atoms with Gasteiger partial charge in [-0.25, -0.2) is 0 Å². The number of pyridine rings is 1. The van der Waals surface area contributed by atoms with Crippen LogP contribution in [0.2, 0.25) is 0 Å². The van der Waals surface area contributed by atoms with Gasteiger partial charge in [0.2, 0.25) is 0 Å². The first-order chi connectivity index (χ1) is 9.42. The lowest BCUT2D eigenvalue weighted by molar-refractivity contribution is -0.655. The highest BCUT2D eigenvalue weighted by Crippen LogP contribution is 2.35. The second-order valence-corrected chi connectivity index (χ2v) is 4.76. The number of hydrogen-bond acceptors (Lipinski definition) is 3. The number of fused-ring (bicyclic) bond motifs is 7. The maximum Gasteiger partial charge on any atom is 0.422 e. The van der Waals surface area contributed by atoms with Gasteiger partial charge in [-0.15, -0.1) is 4.57 Å². The van der Waals surface area contributed by atoms with Crippen LogP contribution in [0.5, 0.6) is 0 Å². The fourth-order valence-corrected chi connectivity index (χ4v) is 2.81. The summed E-state index contributed by atoms with van der Waals surface area (Å²) in [6, 6.07) is 9.93.